The Kier molecular flexibility index (Phi) is 5.00. The standard InChI is InChI=1S/C15H20ClN3O4S/c1-24(21,22)17-8-11-3-2-6-18(9-11)10-19-13-5-4-12(16)7-14(13)23-15(19)20/h4-5,7,11,17H,2-3,6,8-10H2,1H3/t11-/m0/s1. The van der Waals surface area contributed by atoms with Crippen molar-refractivity contribution in [1.82, 2.24) is 14.2 Å². The van der Waals surface area contributed by atoms with Crippen LogP contribution in [-0.4, -0.2) is 43.8 Å². The monoisotopic (exact) mass is 373 g/mol. The molecular formula is C15H20ClN3O4S. The quantitative estimate of drug-likeness (QED) is 0.857. The van der Waals surface area contributed by atoms with Crippen LogP contribution >= 0.6 is 11.6 Å². The zero-order valence-corrected chi connectivity index (χ0v) is 14.9. The second kappa shape index (κ2) is 6.87. The van der Waals surface area contributed by atoms with Gasteiger partial charge in [0.15, 0.2) is 5.58 Å². The van der Waals surface area contributed by atoms with Crippen molar-refractivity contribution in [2.24, 2.45) is 5.92 Å². The van der Waals surface area contributed by atoms with E-state index >= 15 is 0 Å². The molecule has 1 aromatic heterocycles. The first-order valence-electron chi connectivity index (χ1n) is 7.78. The van der Waals surface area contributed by atoms with Gasteiger partial charge in [-0.2, -0.15) is 0 Å². The van der Waals surface area contributed by atoms with E-state index in [-0.39, 0.29) is 5.92 Å². The number of fused-ring (bicyclic) bond motifs is 1. The van der Waals surface area contributed by atoms with E-state index < -0.39 is 15.8 Å². The number of aromatic nitrogens is 1. The number of sulfonamides is 1. The van der Waals surface area contributed by atoms with E-state index in [4.69, 9.17) is 16.0 Å². The van der Waals surface area contributed by atoms with Crippen LogP contribution in [0, 0.1) is 5.92 Å². The van der Waals surface area contributed by atoms with Crippen LogP contribution in [0.25, 0.3) is 11.1 Å². The van der Waals surface area contributed by atoms with E-state index in [1.165, 1.54) is 0 Å². The topological polar surface area (TPSA) is 84.5 Å². The Hall–Kier alpha value is -1.35. The van der Waals surface area contributed by atoms with Crippen LogP contribution < -0.4 is 10.5 Å². The zero-order chi connectivity index (χ0) is 17.3. The third-order valence-corrected chi connectivity index (χ3v) is 5.14. The molecule has 0 radical (unpaired) electrons. The number of likely N-dealkylation sites (tertiary alicyclic amines) is 1. The lowest BCUT2D eigenvalue weighted by atomic mass is 9.99. The Bertz CT molecular complexity index is 890. The molecule has 132 valence electrons. The summed E-state index contributed by atoms with van der Waals surface area (Å²) in [5.74, 6) is -0.180. The summed E-state index contributed by atoms with van der Waals surface area (Å²) in [6, 6.07) is 5.13. The fourth-order valence-electron chi connectivity index (χ4n) is 3.09. The molecule has 3 rings (SSSR count). The molecule has 0 spiro atoms. The number of halogens is 1. The second-order valence-electron chi connectivity index (χ2n) is 6.26. The molecular weight excluding hydrogens is 354 g/mol. The van der Waals surface area contributed by atoms with E-state index in [2.05, 4.69) is 9.62 Å². The molecule has 2 aromatic rings. The lowest BCUT2D eigenvalue weighted by Crippen LogP contribution is -2.42. The molecule has 24 heavy (non-hydrogen) atoms. The highest BCUT2D eigenvalue weighted by atomic mass is 35.5. The summed E-state index contributed by atoms with van der Waals surface area (Å²) in [5, 5.41) is 0.522. The Morgan fingerprint density at radius 1 is 1.42 bits per heavy atom. The Morgan fingerprint density at radius 2 is 2.21 bits per heavy atom. The van der Waals surface area contributed by atoms with Crippen molar-refractivity contribution < 1.29 is 12.8 Å². The number of nitrogens with one attached hydrogen (secondary N) is 1. The van der Waals surface area contributed by atoms with E-state index in [1.54, 1.807) is 22.8 Å². The molecule has 1 aliphatic heterocycles. The van der Waals surface area contributed by atoms with Crippen molar-refractivity contribution >= 4 is 32.7 Å². The van der Waals surface area contributed by atoms with Gasteiger partial charge in [0, 0.05) is 24.2 Å². The van der Waals surface area contributed by atoms with Gasteiger partial charge in [-0.25, -0.2) is 17.9 Å². The van der Waals surface area contributed by atoms with E-state index in [9.17, 15) is 13.2 Å². The second-order valence-corrected chi connectivity index (χ2v) is 8.52. The van der Waals surface area contributed by atoms with Gasteiger partial charge >= 0.3 is 5.76 Å². The molecule has 0 amide bonds. The Balaban J connectivity index is 1.72. The number of hydrogen-bond donors (Lipinski definition) is 1. The maximum atomic E-state index is 12.1. The first-order valence-corrected chi connectivity index (χ1v) is 10.0. The minimum absolute atomic E-state index is 0.233. The molecule has 1 aliphatic rings. The van der Waals surface area contributed by atoms with Gasteiger partial charge in [-0.05, 0) is 37.4 Å². The summed E-state index contributed by atoms with van der Waals surface area (Å²) < 4.78 is 31.9. The molecule has 9 heteroatoms. The average molecular weight is 374 g/mol. The van der Waals surface area contributed by atoms with Crippen LogP contribution in [0.3, 0.4) is 0 Å². The van der Waals surface area contributed by atoms with Gasteiger partial charge in [-0.3, -0.25) is 9.47 Å². The lowest BCUT2D eigenvalue weighted by Gasteiger charge is -2.32. The minimum Gasteiger partial charge on any atom is -0.408 e. The summed E-state index contributed by atoms with van der Waals surface area (Å²) in [5.41, 5.74) is 1.18. The Labute approximate surface area is 145 Å². The first kappa shape index (κ1) is 17.5. The maximum Gasteiger partial charge on any atom is 0.421 e. The maximum absolute atomic E-state index is 12.1. The van der Waals surface area contributed by atoms with Gasteiger partial charge < -0.3 is 4.42 Å². The van der Waals surface area contributed by atoms with Crippen LogP contribution in [0.1, 0.15) is 12.8 Å². The molecule has 0 aliphatic carbocycles. The highest BCUT2D eigenvalue weighted by molar-refractivity contribution is 7.88. The van der Waals surface area contributed by atoms with Gasteiger partial charge in [0.2, 0.25) is 10.0 Å². The average Bonchev–Trinajstić information content (AvgIpc) is 2.80. The molecule has 1 saturated heterocycles. The molecule has 1 N–H and O–H groups in total. The van der Waals surface area contributed by atoms with Gasteiger partial charge in [0.05, 0.1) is 18.4 Å². The first-order chi connectivity index (χ1) is 11.3. The predicted molar refractivity (Wildman–Crippen MR) is 92.6 cm³/mol. The fraction of sp³-hybridized carbons (Fsp3) is 0.533. The normalized spacial score (nSPS) is 19.8. The lowest BCUT2D eigenvalue weighted by molar-refractivity contribution is 0.138. The molecule has 0 unspecified atom stereocenters. The third-order valence-electron chi connectivity index (χ3n) is 4.21. The van der Waals surface area contributed by atoms with Crippen molar-refractivity contribution in [3.05, 3.63) is 33.8 Å². The number of hydrogen-bond acceptors (Lipinski definition) is 5. The van der Waals surface area contributed by atoms with Crippen molar-refractivity contribution in [3.63, 3.8) is 0 Å². The van der Waals surface area contributed by atoms with Crippen molar-refractivity contribution in [3.8, 4) is 0 Å². The van der Waals surface area contributed by atoms with Crippen molar-refractivity contribution in [2.75, 3.05) is 25.9 Å². The van der Waals surface area contributed by atoms with Crippen LogP contribution in [0.15, 0.2) is 27.4 Å². The smallest absolute Gasteiger partial charge is 0.408 e. The summed E-state index contributed by atoms with van der Waals surface area (Å²) in [6.07, 6.45) is 3.10. The van der Waals surface area contributed by atoms with Crippen LogP contribution in [0.2, 0.25) is 5.02 Å². The highest BCUT2D eigenvalue weighted by Crippen LogP contribution is 2.21. The number of rotatable bonds is 5. The molecule has 2 heterocycles. The summed E-state index contributed by atoms with van der Waals surface area (Å²) in [6.45, 7) is 2.44. The zero-order valence-electron chi connectivity index (χ0n) is 13.4. The summed E-state index contributed by atoms with van der Waals surface area (Å²) in [7, 11) is -3.18. The molecule has 0 saturated carbocycles. The Morgan fingerprint density at radius 3 is 2.96 bits per heavy atom. The molecule has 1 fully saturated rings. The predicted octanol–water partition coefficient (Wildman–Crippen LogP) is 1.47. The number of nitrogens with zero attached hydrogens (tertiary/aromatic N) is 2. The summed E-state index contributed by atoms with van der Waals surface area (Å²) >= 11 is 5.93. The fourth-order valence-corrected chi connectivity index (χ4v) is 3.79. The van der Waals surface area contributed by atoms with Gasteiger partial charge in [-0.15, -0.1) is 0 Å². The van der Waals surface area contributed by atoms with E-state index in [1.807, 2.05) is 0 Å². The molecule has 1 aromatic carbocycles. The van der Waals surface area contributed by atoms with Crippen molar-refractivity contribution in [2.45, 2.75) is 19.5 Å². The summed E-state index contributed by atoms with van der Waals surface area (Å²) in [4.78, 5) is 14.2. The number of oxazole rings is 1. The molecule has 1 atom stereocenters. The van der Waals surface area contributed by atoms with Crippen LogP contribution in [-0.2, 0) is 16.7 Å². The molecule has 0 bridgehead atoms. The van der Waals surface area contributed by atoms with Crippen molar-refractivity contribution in [1.29, 1.82) is 0 Å². The van der Waals surface area contributed by atoms with E-state index in [0.717, 1.165) is 32.2 Å². The van der Waals surface area contributed by atoms with Gasteiger partial charge in [0.1, 0.15) is 0 Å². The van der Waals surface area contributed by atoms with Gasteiger partial charge in [0.25, 0.3) is 0 Å². The number of piperidine rings is 1. The van der Waals surface area contributed by atoms with Crippen LogP contribution in [0.5, 0.6) is 0 Å². The largest absolute Gasteiger partial charge is 0.421 e. The minimum atomic E-state index is -3.18. The highest BCUT2D eigenvalue weighted by Gasteiger charge is 2.22. The van der Waals surface area contributed by atoms with E-state index in [0.29, 0.717) is 29.3 Å². The van der Waals surface area contributed by atoms with Gasteiger partial charge in [-0.1, -0.05) is 11.6 Å². The SMILES string of the molecule is CS(=O)(=O)NC[C@@H]1CCCN(Cn2c(=O)oc3cc(Cl)ccc32)C1. The molecule has 7 nitrogen and oxygen atoms in total. The van der Waals surface area contributed by atoms with Crippen LogP contribution in [0.4, 0.5) is 0 Å². The number of benzene rings is 1. The third kappa shape index (κ3) is 4.18.